The molecule has 20 heavy (non-hydrogen) atoms. The second-order valence-corrected chi connectivity index (χ2v) is 6.10. The fourth-order valence-corrected chi connectivity index (χ4v) is 2.80. The van der Waals surface area contributed by atoms with Gasteiger partial charge < -0.3 is 10.0 Å². The molecular formula is C16H17BrClNO. The van der Waals surface area contributed by atoms with E-state index < -0.39 is 6.10 Å². The average molecular weight is 355 g/mol. The minimum atomic E-state index is -0.505. The van der Waals surface area contributed by atoms with Gasteiger partial charge in [0.25, 0.3) is 0 Å². The zero-order valence-corrected chi connectivity index (χ0v) is 13.8. The zero-order chi connectivity index (χ0) is 14.7. The van der Waals surface area contributed by atoms with Gasteiger partial charge in [0.15, 0.2) is 0 Å². The molecule has 0 aliphatic carbocycles. The number of hydrogen-bond acceptors (Lipinski definition) is 2. The molecule has 0 saturated heterocycles. The van der Waals surface area contributed by atoms with Crippen molar-refractivity contribution in [1.29, 1.82) is 0 Å². The lowest BCUT2D eigenvalue weighted by atomic mass is 10.1. The largest absolute Gasteiger partial charge is 0.389 e. The predicted octanol–water partition coefficient (Wildman–Crippen LogP) is 4.79. The van der Waals surface area contributed by atoms with Gasteiger partial charge in [0, 0.05) is 18.1 Å². The Bertz CT molecular complexity index is 601. The van der Waals surface area contributed by atoms with Crippen molar-refractivity contribution in [2.75, 3.05) is 11.9 Å². The molecule has 106 valence electrons. The van der Waals surface area contributed by atoms with Crippen LogP contribution in [0.2, 0.25) is 5.02 Å². The first-order valence-electron chi connectivity index (χ1n) is 6.41. The Labute approximate surface area is 133 Å². The molecule has 4 heteroatoms. The van der Waals surface area contributed by atoms with E-state index in [4.69, 9.17) is 11.6 Å². The van der Waals surface area contributed by atoms with Crippen molar-refractivity contribution in [3.05, 3.63) is 63.1 Å². The van der Waals surface area contributed by atoms with Crippen molar-refractivity contribution in [2.24, 2.45) is 0 Å². The van der Waals surface area contributed by atoms with Gasteiger partial charge >= 0.3 is 0 Å². The number of aliphatic hydroxyl groups is 1. The Hall–Kier alpha value is -1.03. The number of benzene rings is 2. The molecule has 1 atom stereocenters. The molecule has 0 unspecified atom stereocenters. The molecule has 2 aromatic rings. The van der Waals surface area contributed by atoms with Gasteiger partial charge in [-0.3, -0.25) is 0 Å². The summed E-state index contributed by atoms with van der Waals surface area (Å²) in [7, 11) is 2.00. The second kappa shape index (κ2) is 6.61. The van der Waals surface area contributed by atoms with E-state index in [1.807, 2.05) is 43.4 Å². The smallest absolute Gasteiger partial charge is 0.0762 e. The van der Waals surface area contributed by atoms with E-state index >= 15 is 0 Å². The topological polar surface area (TPSA) is 23.5 Å². The Morgan fingerprint density at radius 3 is 2.55 bits per heavy atom. The van der Waals surface area contributed by atoms with E-state index in [9.17, 15) is 5.11 Å². The lowest BCUT2D eigenvalue weighted by Gasteiger charge is -2.22. The van der Waals surface area contributed by atoms with Gasteiger partial charge in [0.1, 0.15) is 0 Å². The molecule has 2 nitrogen and oxygen atoms in total. The number of halogens is 2. The molecule has 0 heterocycles. The highest BCUT2D eigenvalue weighted by atomic mass is 79.9. The molecule has 0 fully saturated rings. The lowest BCUT2D eigenvalue weighted by Crippen LogP contribution is -2.17. The molecule has 0 aliphatic rings. The van der Waals surface area contributed by atoms with Crippen molar-refractivity contribution in [2.45, 2.75) is 19.6 Å². The maximum atomic E-state index is 9.57. The molecule has 0 radical (unpaired) electrons. The fraction of sp³-hybridized carbons (Fsp3) is 0.250. The van der Waals surface area contributed by atoms with Crippen LogP contribution in [0.25, 0.3) is 0 Å². The third kappa shape index (κ3) is 3.54. The molecule has 0 bridgehead atoms. The van der Waals surface area contributed by atoms with Crippen LogP contribution in [0.15, 0.2) is 46.9 Å². The summed E-state index contributed by atoms with van der Waals surface area (Å²) in [6.45, 7) is 2.49. The summed E-state index contributed by atoms with van der Waals surface area (Å²) in [5.41, 5.74) is 2.98. The highest BCUT2D eigenvalue weighted by Crippen LogP contribution is 2.30. The van der Waals surface area contributed by atoms with Crippen molar-refractivity contribution >= 4 is 33.2 Å². The van der Waals surface area contributed by atoms with Crippen LogP contribution in [-0.2, 0) is 6.54 Å². The first-order chi connectivity index (χ1) is 9.49. The van der Waals surface area contributed by atoms with Crippen molar-refractivity contribution < 1.29 is 5.11 Å². The summed E-state index contributed by atoms with van der Waals surface area (Å²) in [6.07, 6.45) is -0.505. The molecule has 0 amide bonds. The quantitative estimate of drug-likeness (QED) is 0.853. The van der Waals surface area contributed by atoms with E-state index in [0.717, 1.165) is 22.3 Å². The number of rotatable bonds is 4. The van der Waals surface area contributed by atoms with Crippen molar-refractivity contribution in [3.63, 3.8) is 0 Å². The maximum absolute atomic E-state index is 9.57. The Kier molecular flexibility index (Phi) is 5.08. The normalized spacial score (nSPS) is 12.2. The van der Waals surface area contributed by atoms with Gasteiger partial charge in [-0.25, -0.2) is 0 Å². The van der Waals surface area contributed by atoms with Crippen LogP contribution < -0.4 is 4.90 Å². The predicted molar refractivity (Wildman–Crippen MR) is 88.3 cm³/mol. The molecule has 2 rings (SSSR count). The number of hydrogen-bond donors (Lipinski definition) is 1. The van der Waals surface area contributed by atoms with Gasteiger partial charge in [-0.05, 0) is 36.2 Å². The summed E-state index contributed by atoms with van der Waals surface area (Å²) < 4.78 is 1.09. The summed E-state index contributed by atoms with van der Waals surface area (Å²) in [4.78, 5) is 2.09. The lowest BCUT2D eigenvalue weighted by molar-refractivity contribution is 0.199. The Morgan fingerprint density at radius 2 is 1.95 bits per heavy atom. The second-order valence-electron chi connectivity index (χ2n) is 4.83. The highest BCUT2D eigenvalue weighted by Gasteiger charge is 2.10. The molecule has 1 N–H and O–H groups in total. The number of nitrogens with zero attached hydrogens (tertiary/aromatic N) is 1. The molecule has 0 saturated carbocycles. The van der Waals surface area contributed by atoms with Crippen molar-refractivity contribution in [3.8, 4) is 0 Å². The van der Waals surface area contributed by atoms with E-state index in [0.29, 0.717) is 5.02 Å². The minimum absolute atomic E-state index is 0.505. The van der Waals surface area contributed by atoms with Crippen LogP contribution >= 0.6 is 27.5 Å². The van der Waals surface area contributed by atoms with Gasteiger partial charge in [-0.2, -0.15) is 0 Å². The van der Waals surface area contributed by atoms with Gasteiger partial charge in [-0.15, -0.1) is 0 Å². The molecule has 0 aromatic heterocycles. The van der Waals surface area contributed by atoms with E-state index in [-0.39, 0.29) is 0 Å². The summed E-state index contributed by atoms with van der Waals surface area (Å²) in [6, 6.07) is 13.8. The molecular weight excluding hydrogens is 338 g/mol. The monoisotopic (exact) mass is 353 g/mol. The van der Waals surface area contributed by atoms with E-state index in [1.165, 1.54) is 5.56 Å². The Morgan fingerprint density at radius 1 is 1.25 bits per heavy atom. The summed E-state index contributed by atoms with van der Waals surface area (Å²) in [5, 5.41) is 10.2. The van der Waals surface area contributed by atoms with E-state index in [1.54, 1.807) is 6.92 Å². The SMILES string of the molecule is C[C@H](O)c1ccc(N(C)Cc2ccccc2Br)c(Cl)c1. The molecule has 0 aliphatic heterocycles. The van der Waals surface area contributed by atoms with Crippen LogP contribution in [0.3, 0.4) is 0 Å². The average Bonchev–Trinajstić information content (AvgIpc) is 2.41. The van der Waals surface area contributed by atoms with Crippen LogP contribution in [0.1, 0.15) is 24.2 Å². The van der Waals surface area contributed by atoms with Gasteiger partial charge in [0.05, 0.1) is 16.8 Å². The minimum Gasteiger partial charge on any atom is -0.389 e. The molecule has 0 spiro atoms. The van der Waals surface area contributed by atoms with Gasteiger partial charge in [-0.1, -0.05) is 51.8 Å². The first kappa shape index (κ1) is 15.4. The van der Waals surface area contributed by atoms with Crippen LogP contribution in [-0.4, -0.2) is 12.2 Å². The Balaban J connectivity index is 2.21. The van der Waals surface area contributed by atoms with Crippen molar-refractivity contribution in [1.82, 2.24) is 0 Å². The van der Waals surface area contributed by atoms with Gasteiger partial charge in [0.2, 0.25) is 0 Å². The maximum Gasteiger partial charge on any atom is 0.0762 e. The van der Waals surface area contributed by atoms with Crippen LogP contribution in [0, 0.1) is 0 Å². The fourth-order valence-electron chi connectivity index (χ4n) is 2.06. The number of anilines is 1. The zero-order valence-electron chi connectivity index (χ0n) is 11.5. The van der Waals surface area contributed by atoms with Crippen LogP contribution in [0.4, 0.5) is 5.69 Å². The first-order valence-corrected chi connectivity index (χ1v) is 7.58. The third-order valence-corrected chi connectivity index (χ3v) is 4.31. The molecule has 2 aromatic carbocycles. The highest BCUT2D eigenvalue weighted by molar-refractivity contribution is 9.10. The standard InChI is InChI=1S/C16H17BrClNO/c1-11(20)12-7-8-16(15(18)9-12)19(2)10-13-5-3-4-6-14(13)17/h3-9,11,20H,10H2,1-2H3/t11-/m0/s1. The summed E-state index contributed by atoms with van der Waals surface area (Å²) in [5.74, 6) is 0. The third-order valence-electron chi connectivity index (χ3n) is 3.23. The van der Waals surface area contributed by atoms with Crippen LogP contribution in [0.5, 0.6) is 0 Å². The summed E-state index contributed by atoms with van der Waals surface area (Å²) >= 11 is 9.86. The van der Waals surface area contributed by atoms with E-state index in [2.05, 4.69) is 26.9 Å². The number of aliphatic hydroxyl groups excluding tert-OH is 1.